The summed E-state index contributed by atoms with van der Waals surface area (Å²) >= 11 is 0. The van der Waals surface area contributed by atoms with Crippen molar-refractivity contribution in [1.29, 1.82) is 0 Å². The number of aliphatic hydroxyl groups excluding tert-OH is 2. The predicted octanol–water partition coefficient (Wildman–Crippen LogP) is 6.43. The number of nitrogens with zero attached hydrogens (tertiary/aromatic N) is 1. The second kappa shape index (κ2) is 25.8. The van der Waals surface area contributed by atoms with Gasteiger partial charge in [0.25, 0.3) is 11.7 Å². The van der Waals surface area contributed by atoms with Crippen molar-refractivity contribution in [2.45, 2.75) is 174 Å². The Labute approximate surface area is 393 Å². The molecule has 2 saturated heterocycles. The van der Waals surface area contributed by atoms with Gasteiger partial charge in [-0.05, 0) is 101 Å². The molecule has 4 rings (SSSR count). The molecule has 0 aromatic carbocycles. The van der Waals surface area contributed by atoms with Crippen LogP contribution in [0.15, 0.2) is 47.6 Å². The maximum Gasteiger partial charge on any atom is 0.329 e. The summed E-state index contributed by atoms with van der Waals surface area (Å²) in [6.45, 7) is 12.6. The van der Waals surface area contributed by atoms with E-state index in [2.05, 4.69) is 0 Å². The second-order valence-electron chi connectivity index (χ2n) is 19.9. The zero-order valence-electron chi connectivity index (χ0n) is 41.3. The highest BCUT2D eigenvalue weighted by atomic mass is 16.6. The highest BCUT2D eigenvalue weighted by molar-refractivity contribution is 6.39. The molecule has 1 saturated carbocycles. The largest absolute Gasteiger partial charge is 0.460 e. The molecule has 3 N–H and O–H groups in total. The summed E-state index contributed by atoms with van der Waals surface area (Å²) in [5.41, 5.74) is 1.50. The molecule has 0 aromatic rings. The Morgan fingerprint density at radius 1 is 0.864 bits per heavy atom. The fourth-order valence-corrected chi connectivity index (χ4v) is 10.5. The van der Waals surface area contributed by atoms with Crippen molar-refractivity contribution < 1.29 is 63.0 Å². The van der Waals surface area contributed by atoms with Gasteiger partial charge in [0.05, 0.1) is 31.0 Å². The van der Waals surface area contributed by atoms with Gasteiger partial charge in [0, 0.05) is 64.4 Å². The molecule has 66 heavy (non-hydrogen) atoms. The van der Waals surface area contributed by atoms with Crippen LogP contribution in [0.25, 0.3) is 0 Å². The Morgan fingerprint density at radius 3 is 2.26 bits per heavy atom. The number of allylic oxidation sites excluding steroid dienone is 6. The number of cyclic esters (lactones) is 1. The third kappa shape index (κ3) is 14.3. The van der Waals surface area contributed by atoms with E-state index in [9.17, 15) is 39.3 Å². The lowest BCUT2D eigenvalue weighted by Gasteiger charge is -2.42. The number of fused-ring (bicyclic) bond motifs is 3. The van der Waals surface area contributed by atoms with Gasteiger partial charge in [-0.15, -0.1) is 0 Å². The molecular weight excluding hydrogens is 847 g/mol. The van der Waals surface area contributed by atoms with Gasteiger partial charge in [0.1, 0.15) is 24.0 Å². The molecule has 3 aliphatic heterocycles. The van der Waals surface area contributed by atoms with Crippen LogP contribution in [0, 0.1) is 41.4 Å². The number of esters is 1. The van der Waals surface area contributed by atoms with E-state index < -0.39 is 83.7 Å². The molecule has 3 heterocycles. The topological polar surface area (TPSA) is 195 Å². The van der Waals surface area contributed by atoms with E-state index in [1.54, 1.807) is 41.1 Å². The van der Waals surface area contributed by atoms with Crippen molar-refractivity contribution >= 4 is 29.2 Å². The summed E-state index contributed by atoms with van der Waals surface area (Å²) in [6.07, 6.45) is 13.0. The molecular formula is C52H81NO13. The zero-order valence-corrected chi connectivity index (χ0v) is 41.3. The van der Waals surface area contributed by atoms with Crippen LogP contribution in [-0.4, -0.2) is 132 Å². The molecule has 4 aliphatic rings. The molecule has 372 valence electrons. The first-order chi connectivity index (χ1) is 31.3. The third-order valence-corrected chi connectivity index (χ3v) is 14.9. The van der Waals surface area contributed by atoms with E-state index in [-0.39, 0.29) is 61.4 Å². The summed E-state index contributed by atoms with van der Waals surface area (Å²) in [5.74, 6) is -8.37. The minimum Gasteiger partial charge on any atom is -0.460 e. The summed E-state index contributed by atoms with van der Waals surface area (Å²) in [4.78, 5) is 72.2. The number of carbonyl (C=O) groups excluding carboxylic acids is 5. The molecule has 0 radical (unpaired) electrons. The molecule has 14 nitrogen and oxygen atoms in total. The standard InChI is InChI=1S/C52H81NO13/c1-31-16-12-11-13-17-32(2)44(62-8)28-39-21-19-37(7)52(61,66-39)49(58)50(59)53-23-15-14-18-41(53)51(60)65-45(35(5)26-38-20-22-42(55)46(27-38)63-9)29-43(56)34(4)25-33(3)40(30-54)48(64-10)47(57)36(6)24-31/h11-13,16-17,25,31,34-42,44-46,48,54-55,61H,14-15,18-24,26-30H2,1-10H3/b13-11+,16-12+,32-17+,33-25+/t31-,34-,35-,36?,37-,38+,39+,40-,41+,42-,44+,45+,46-,48-,52-/m1/s1. The van der Waals surface area contributed by atoms with Crippen LogP contribution < -0.4 is 0 Å². The van der Waals surface area contributed by atoms with Crippen LogP contribution >= 0.6 is 0 Å². The quantitative estimate of drug-likeness (QED) is 0.144. The van der Waals surface area contributed by atoms with Gasteiger partial charge in [-0.25, -0.2) is 4.79 Å². The van der Waals surface area contributed by atoms with E-state index in [0.29, 0.717) is 63.4 Å². The van der Waals surface area contributed by atoms with Crippen LogP contribution in [-0.2, 0) is 47.7 Å². The average Bonchev–Trinajstić information content (AvgIpc) is 3.29. The third-order valence-electron chi connectivity index (χ3n) is 14.9. The number of hydrogen-bond acceptors (Lipinski definition) is 13. The summed E-state index contributed by atoms with van der Waals surface area (Å²) in [5, 5.41) is 33.1. The smallest absolute Gasteiger partial charge is 0.329 e. The number of methoxy groups -OCH3 is 3. The molecule has 3 fully saturated rings. The summed E-state index contributed by atoms with van der Waals surface area (Å²) < 4.78 is 29.6. The number of piperidine rings is 1. The summed E-state index contributed by atoms with van der Waals surface area (Å²) in [7, 11) is 4.60. The molecule has 1 aliphatic carbocycles. The second-order valence-corrected chi connectivity index (χ2v) is 19.9. The van der Waals surface area contributed by atoms with E-state index in [1.807, 2.05) is 58.1 Å². The first kappa shape index (κ1) is 55.2. The van der Waals surface area contributed by atoms with Crippen molar-refractivity contribution in [1.82, 2.24) is 4.90 Å². The van der Waals surface area contributed by atoms with Crippen molar-refractivity contribution in [3.8, 4) is 0 Å². The van der Waals surface area contributed by atoms with Crippen LogP contribution in [0.5, 0.6) is 0 Å². The van der Waals surface area contributed by atoms with Gasteiger partial charge in [0.2, 0.25) is 5.79 Å². The van der Waals surface area contributed by atoms with E-state index in [0.717, 1.165) is 12.0 Å². The molecule has 14 heteroatoms. The van der Waals surface area contributed by atoms with Crippen molar-refractivity contribution in [3.63, 3.8) is 0 Å². The molecule has 1 unspecified atom stereocenters. The lowest BCUT2D eigenvalue weighted by atomic mass is 9.78. The number of hydrogen-bond donors (Lipinski definition) is 3. The predicted molar refractivity (Wildman–Crippen MR) is 250 cm³/mol. The summed E-state index contributed by atoms with van der Waals surface area (Å²) in [6, 6.07) is -1.13. The Balaban J connectivity index is 1.72. The Hall–Kier alpha value is -3.37. The van der Waals surface area contributed by atoms with Crippen molar-refractivity contribution in [2.75, 3.05) is 34.5 Å². The Bertz CT molecular complexity index is 1770. The van der Waals surface area contributed by atoms with Crippen LogP contribution in [0.3, 0.4) is 0 Å². The maximum atomic E-state index is 14.4. The number of rotatable bonds is 7. The van der Waals surface area contributed by atoms with Crippen LogP contribution in [0.2, 0.25) is 0 Å². The SMILES string of the molecule is CO[C@H]1C[C@@H]2CC[C@@H](C)[C@@](O)(O2)C(=O)C(=O)N2CCCC[C@H]2C(=O)O[C@H]([C@H](C)C[C@@H]2CC[C@@H](O)[C@H](OC)C2)CC(=O)[C@H](C)/C=C(\C)[C@@H](CO)[C@@H](OC)C(=O)C(C)C[C@H](C)/C=C/C=C/C=C/1C. The number of aliphatic hydroxyl groups is 3. The molecule has 0 aromatic heterocycles. The van der Waals surface area contributed by atoms with Crippen molar-refractivity contribution in [3.05, 3.63) is 47.6 Å². The zero-order chi connectivity index (χ0) is 48.9. The lowest BCUT2D eigenvalue weighted by Crippen LogP contribution is -2.61. The first-order valence-electron chi connectivity index (χ1n) is 24.4. The fourth-order valence-electron chi connectivity index (χ4n) is 10.5. The monoisotopic (exact) mass is 928 g/mol. The molecule has 0 spiro atoms. The van der Waals surface area contributed by atoms with Gasteiger partial charge in [-0.2, -0.15) is 0 Å². The minimum atomic E-state index is -2.43. The number of ether oxygens (including phenoxy) is 5. The van der Waals surface area contributed by atoms with E-state index >= 15 is 0 Å². The van der Waals surface area contributed by atoms with Gasteiger partial charge >= 0.3 is 5.97 Å². The molecule has 15 atom stereocenters. The van der Waals surface area contributed by atoms with Crippen molar-refractivity contribution in [2.24, 2.45) is 41.4 Å². The number of amides is 1. The number of ketones is 3. The number of carbonyl (C=O) groups is 5. The van der Waals surface area contributed by atoms with Gasteiger partial charge in [-0.3, -0.25) is 19.2 Å². The highest BCUT2D eigenvalue weighted by Crippen LogP contribution is 2.38. The lowest BCUT2D eigenvalue weighted by molar-refractivity contribution is -0.265. The normalized spacial score (nSPS) is 40.0. The molecule has 1 amide bonds. The van der Waals surface area contributed by atoms with Gasteiger partial charge in [0.15, 0.2) is 5.78 Å². The maximum absolute atomic E-state index is 14.4. The Kier molecular flexibility index (Phi) is 21.6. The first-order valence-corrected chi connectivity index (χ1v) is 24.4. The number of Topliss-reactive ketones (excluding diaryl/α,β-unsaturated/α-hetero) is 3. The van der Waals surface area contributed by atoms with Crippen LogP contribution in [0.4, 0.5) is 0 Å². The minimum absolute atomic E-state index is 0.0382. The Morgan fingerprint density at radius 2 is 1.59 bits per heavy atom. The van der Waals surface area contributed by atoms with E-state index in [4.69, 9.17) is 23.7 Å². The highest BCUT2D eigenvalue weighted by Gasteiger charge is 2.53. The fraction of sp³-hybridized carbons (Fsp3) is 0.750. The van der Waals surface area contributed by atoms with Crippen LogP contribution in [0.1, 0.15) is 126 Å². The van der Waals surface area contributed by atoms with E-state index in [1.165, 1.54) is 12.0 Å². The van der Waals surface area contributed by atoms with Gasteiger partial charge < -0.3 is 43.9 Å². The van der Waals surface area contributed by atoms with Gasteiger partial charge in [-0.1, -0.05) is 76.6 Å². The molecule has 2 bridgehead atoms. The average molecular weight is 928 g/mol.